The summed E-state index contributed by atoms with van der Waals surface area (Å²) in [5.41, 5.74) is 0.397. The van der Waals surface area contributed by atoms with Crippen molar-refractivity contribution in [3.05, 3.63) is 0 Å². The molecule has 1 saturated heterocycles. The highest BCUT2D eigenvalue weighted by atomic mass is 16.2. The van der Waals surface area contributed by atoms with E-state index in [2.05, 4.69) is 31.0 Å². The van der Waals surface area contributed by atoms with Gasteiger partial charge in [-0.25, -0.2) is 0 Å². The number of nitrogens with zero attached hydrogens (tertiary/aromatic N) is 1. The molecule has 3 fully saturated rings. The first-order valence-corrected chi connectivity index (χ1v) is 9.10. The molecule has 1 aliphatic heterocycles. The third-order valence-electron chi connectivity index (χ3n) is 6.05. The Labute approximate surface area is 129 Å². The molecule has 2 saturated carbocycles. The van der Waals surface area contributed by atoms with Gasteiger partial charge in [-0.2, -0.15) is 0 Å². The van der Waals surface area contributed by atoms with Gasteiger partial charge >= 0.3 is 0 Å². The predicted molar refractivity (Wildman–Crippen MR) is 85.8 cm³/mol. The van der Waals surface area contributed by atoms with Gasteiger partial charge in [0.1, 0.15) is 0 Å². The van der Waals surface area contributed by atoms with Crippen molar-refractivity contribution in [3.8, 4) is 0 Å². The van der Waals surface area contributed by atoms with Crippen LogP contribution in [0, 0.1) is 11.3 Å². The molecule has 0 aromatic rings. The minimum absolute atomic E-state index is 0.0700. The van der Waals surface area contributed by atoms with E-state index in [0.29, 0.717) is 29.4 Å². The second kappa shape index (κ2) is 5.91. The number of nitrogens with one attached hydrogen (secondary N) is 1. The molecule has 3 unspecified atom stereocenters. The number of carbonyl (C=O) groups is 1. The minimum atomic E-state index is 0.0700. The summed E-state index contributed by atoms with van der Waals surface area (Å²) in [4.78, 5) is 15.2. The molecule has 3 nitrogen and oxygen atoms in total. The van der Waals surface area contributed by atoms with Crippen molar-refractivity contribution in [1.82, 2.24) is 10.2 Å². The highest BCUT2D eigenvalue weighted by molar-refractivity contribution is 5.84. The van der Waals surface area contributed by atoms with Crippen molar-refractivity contribution in [3.63, 3.8) is 0 Å². The first-order chi connectivity index (χ1) is 10.0. The Bertz CT molecular complexity index is 387. The van der Waals surface area contributed by atoms with Gasteiger partial charge in [-0.1, -0.05) is 40.0 Å². The van der Waals surface area contributed by atoms with Crippen LogP contribution in [0.15, 0.2) is 0 Å². The van der Waals surface area contributed by atoms with E-state index in [-0.39, 0.29) is 6.04 Å². The molecule has 1 amide bonds. The maximum absolute atomic E-state index is 12.9. The van der Waals surface area contributed by atoms with E-state index < -0.39 is 0 Å². The largest absolute Gasteiger partial charge is 0.323 e. The molecule has 3 rings (SSSR count). The van der Waals surface area contributed by atoms with E-state index in [1.54, 1.807) is 0 Å². The summed E-state index contributed by atoms with van der Waals surface area (Å²) < 4.78 is 0. The molecule has 3 aliphatic rings. The fourth-order valence-electron chi connectivity index (χ4n) is 4.91. The molecule has 21 heavy (non-hydrogen) atoms. The standard InChI is InChI=1S/C18H32N2O/c1-4-15-17(21)20(14-10-7-11-18(2,3)12-14)16(19-15)13-8-5-6-9-13/h13-16,19H,4-12H2,1-3H3. The van der Waals surface area contributed by atoms with Crippen molar-refractivity contribution in [2.24, 2.45) is 11.3 Å². The van der Waals surface area contributed by atoms with Gasteiger partial charge in [0.15, 0.2) is 0 Å². The van der Waals surface area contributed by atoms with Crippen molar-refractivity contribution in [1.29, 1.82) is 0 Å². The molecular formula is C18H32N2O. The van der Waals surface area contributed by atoms with Crippen molar-refractivity contribution in [2.45, 2.75) is 96.8 Å². The molecule has 0 bridgehead atoms. The average molecular weight is 292 g/mol. The van der Waals surface area contributed by atoms with Gasteiger partial charge in [-0.15, -0.1) is 0 Å². The summed E-state index contributed by atoms with van der Waals surface area (Å²) in [6, 6.07) is 0.538. The fourth-order valence-corrected chi connectivity index (χ4v) is 4.91. The highest BCUT2D eigenvalue weighted by Crippen LogP contribution is 2.41. The fraction of sp³-hybridized carbons (Fsp3) is 0.944. The summed E-state index contributed by atoms with van der Waals surface area (Å²) in [6.45, 7) is 6.87. The summed E-state index contributed by atoms with van der Waals surface area (Å²) >= 11 is 0. The van der Waals surface area contributed by atoms with Crippen LogP contribution >= 0.6 is 0 Å². The Morgan fingerprint density at radius 2 is 1.90 bits per heavy atom. The third kappa shape index (κ3) is 2.99. The van der Waals surface area contributed by atoms with Crippen molar-refractivity contribution < 1.29 is 4.79 Å². The van der Waals surface area contributed by atoms with E-state index in [0.717, 1.165) is 6.42 Å². The SMILES string of the molecule is CCC1NC(C2CCCC2)N(C2CCCC(C)(C)C2)C1=O. The lowest BCUT2D eigenvalue weighted by atomic mass is 9.74. The third-order valence-corrected chi connectivity index (χ3v) is 6.05. The molecule has 1 heterocycles. The lowest BCUT2D eigenvalue weighted by Crippen LogP contribution is -2.50. The summed E-state index contributed by atoms with van der Waals surface area (Å²) in [7, 11) is 0. The van der Waals surface area contributed by atoms with E-state index in [9.17, 15) is 4.79 Å². The zero-order chi connectivity index (χ0) is 15.0. The number of carbonyl (C=O) groups excluding carboxylic acids is 1. The van der Waals surface area contributed by atoms with Gasteiger partial charge in [0, 0.05) is 6.04 Å². The number of amides is 1. The van der Waals surface area contributed by atoms with Crippen LogP contribution in [0.3, 0.4) is 0 Å². The van der Waals surface area contributed by atoms with Crippen LogP contribution in [0.2, 0.25) is 0 Å². The van der Waals surface area contributed by atoms with E-state index in [1.165, 1.54) is 51.4 Å². The summed E-state index contributed by atoms with van der Waals surface area (Å²) in [5.74, 6) is 1.08. The van der Waals surface area contributed by atoms with E-state index >= 15 is 0 Å². The Hall–Kier alpha value is -0.570. The minimum Gasteiger partial charge on any atom is -0.323 e. The monoisotopic (exact) mass is 292 g/mol. The van der Waals surface area contributed by atoms with E-state index in [1.807, 2.05) is 0 Å². The molecule has 3 heteroatoms. The lowest BCUT2D eigenvalue weighted by Gasteiger charge is -2.43. The Morgan fingerprint density at radius 1 is 1.19 bits per heavy atom. The molecule has 120 valence electrons. The summed E-state index contributed by atoms with van der Waals surface area (Å²) in [6.07, 6.45) is 11.5. The van der Waals surface area contributed by atoms with Gasteiger partial charge in [-0.3, -0.25) is 10.1 Å². The van der Waals surface area contributed by atoms with Crippen LogP contribution in [0.25, 0.3) is 0 Å². The van der Waals surface area contributed by atoms with Crippen LogP contribution < -0.4 is 5.32 Å². The summed E-state index contributed by atoms with van der Waals surface area (Å²) in [5, 5.41) is 3.68. The predicted octanol–water partition coefficient (Wildman–Crippen LogP) is 3.68. The van der Waals surface area contributed by atoms with E-state index in [4.69, 9.17) is 0 Å². The number of rotatable bonds is 3. The molecule has 0 radical (unpaired) electrons. The van der Waals surface area contributed by atoms with Gasteiger partial charge in [0.2, 0.25) is 5.91 Å². The Morgan fingerprint density at radius 3 is 2.52 bits per heavy atom. The smallest absolute Gasteiger partial charge is 0.241 e. The molecule has 3 atom stereocenters. The van der Waals surface area contributed by atoms with Gasteiger partial charge in [0.25, 0.3) is 0 Å². The van der Waals surface area contributed by atoms with Crippen LogP contribution in [-0.4, -0.2) is 29.1 Å². The zero-order valence-corrected chi connectivity index (χ0v) is 14.0. The molecule has 0 aromatic heterocycles. The van der Waals surface area contributed by atoms with Gasteiger partial charge < -0.3 is 4.90 Å². The number of hydrogen-bond donors (Lipinski definition) is 1. The number of hydrogen-bond acceptors (Lipinski definition) is 2. The molecule has 1 N–H and O–H groups in total. The maximum Gasteiger partial charge on any atom is 0.241 e. The molecular weight excluding hydrogens is 260 g/mol. The Kier molecular flexibility index (Phi) is 4.31. The second-order valence-corrected chi connectivity index (χ2v) is 8.28. The van der Waals surface area contributed by atoms with Crippen LogP contribution in [0.5, 0.6) is 0 Å². The first-order valence-electron chi connectivity index (χ1n) is 9.10. The van der Waals surface area contributed by atoms with Gasteiger partial charge in [0.05, 0.1) is 12.2 Å². The highest BCUT2D eigenvalue weighted by Gasteiger charge is 2.46. The van der Waals surface area contributed by atoms with Crippen LogP contribution in [0.4, 0.5) is 0 Å². The first kappa shape index (κ1) is 15.3. The average Bonchev–Trinajstić information content (AvgIpc) is 3.04. The second-order valence-electron chi connectivity index (χ2n) is 8.28. The van der Waals surface area contributed by atoms with Crippen molar-refractivity contribution in [2.75, 3.05) is 0 Å². The topological polar surface area (TPSA) is 32.3 Å². The zero-order valence-electron chi connectivity index (χ0n) is 14.0. The molecule has 2 aliphatic carbocycles. The Balaban J connectivity index is 1.79. The van der Waals surface area contributed by atoms with Crippen LogP contribution in [0.1, 0.15) is 78.6 Å². The lowest BCUT2D eigenvalue weighted by molar-refractivity contribution is -0.134. The quantitative estimate of drug-likeness (QED) is 0.860. The normalized spacial score (nSPS) is 37.4. The van der Waals surface area contributed by atoms with Crippen molar-refractivity contribution >= 4 is 5.91 Å². The molecule has 0 aromatic carbocycles. The van der Waals surface area contributed by atoms with Crippen LogP contribution in [-0.2, 0) is 4.79 Å². The maximum atomic E-state index is 12.9. The molecule has 0 spiro atoms. The van der Waals surface area contributed by atoms with Gasteiger partial charge in [-0.05, 0) is 49.9 Å².